The minimum atomic E-state index is -3.35. The Bertz CT molecular complexity index is 299. The van der Waals surface area contributed by atoms with Gasteiger partial charge in [-0.3, -0.25) is 0 Å². The van der Waals surface area contributed by atoms with Gasteiger partial charge in [-0.25, -0.2) is 13.4 Å². The summed E-state index contributed by atoms with van der Waals surface area (Å²) in [4.78, 5) is 3.70. The molecule has 1 aliphatic rings. The lowest BCUT2D eigenvalue weighted by atomic mass is 10.7. The Hall–Kier alpha value is -0.680. The lowest BCUT2D eigenvalue weighted by molar-refractivity contribution is 0.359. The zero-order valence-corrected chi connectivity index (χ0v) is 6.22. The van der Waals surface area contributed by atoms with Crippen molar-refractivity contribution in [3.63, 3.8) is 0 Å². The van der Waals surface area contributed by atoms with E-state index >= 15 is 0 Å². The van der Waals surface area contributed by atoms with E-state index < -0.39 is 16.4 Å². The van der Waals surface area contributed by atoms with E-state index in [9.17, 15) is 8.42 Å². The smallest absolute Gasteiger partial charge is 0.219 e. The van der Waals surface area contributed by atoms with E-state index in [4.69, 9.17) is 5.11 Å². The van der Waals surface area contributed by atoms with Crippen LogP contribution in [0.4, 0.5) is 0 Å². The first kappa shape index (κ1) is 7.43. The van der Waals surface area contributed by atoms with Crippen molar-refractivity contribution in [2.24, 2.45) is 4.99 Å². The van der Waals surface area contributed by atoms with Gasteiger partial charge in [0.15, 0.2) is 5.04 Å². The predicted octanol–water partition coefficient (Wildman–Crippen LogP) is -0.333. The number of sulfone groups is 1. The van der Waals surface area contributed by atoms with Gasteiger partial charge in [0, 0.05) is 6.20 Å². The Morgan fingerprint density at radius 1 is 1.70 bits per heavy atom. The van der Waals surface area contributed by atoms with Crippen LogP contribution < -0.4 is 0 Å². The van der Waals surface area contributed by atoms with Crippen LogP contribution in [0.25, 0.3) is 0 Å². The van der Waals surface area contributed by atoms with Crippen LogP contribution >= 0.6 is 0 Å². The quantitative estimate of drug-likeness (QED) is 0.572. The van der Waals surface area contributed by atoms with Gasteiger partial charge in [-0.2, -0.15) is 0 Å². The number of nitrogens with zero attached hydrogens (tertiary/aromatic N) is 1. The van der Waals surface area contributed by atoms with E-state index in [0.29, 0.717) is 0 Å². The first-order chi connectivity index (χ1) is 4.59. The second kappa shape index (κ2) is 2.17. The van der Waals surface area contributed by atoms with Crippen LogP contribution in [0.15, 0.2) is 16.1 Å². The van der Waals surface area contributed by atoms with Crippen LogP contribution in [0, 0.1) is 0 Å². The molecular weight excluding hydrogens is 154 g/mol. The van der Waals surface area contributed by atoms with Crippen LogP contribution in [-0.4, -0.2) is 25.2 Å². The zero-order valence-electron chi connectivity index (χ0n) is 5.40. The number of rotatable bonds is 1. The second-order valence-corrected chi connectivity index (χ2v) is 4.05. The molecule has 1 heterocycles. The first-order valence-corrected chi connectivity index (χ1v) is 4.17. The van der Waals surface area contributed by atoms with Gasteiger partial charge in [0.25, 0.3) is 0 Å². The largest absolute Gasteiger partial charge is 0.389 e. The Kier molecular flexibility index (Phi) is 1.61. The Morgan fingerprint density at radius 3 is 2.50 bits per heavy atom. The van der Waals surface area contributed by atoms with Crippen molar-refractivity contribution in [1.82, 2.24) is 0 Å². The average Bonchev–Trinajstić information content (AvgIpc) is 2.10. The standard InChI is InChI=1S/C5H7NO3S/c1-4-2-6-5(3-7)10(4,8)9/h2,7H,3H2,1H3. The van der Waals surface area contributed by atoms with E-state index in [-0.39, 0.29) is 9.95 Å². The molecule has 0 bridgehead atoms. The van der Waals surface area contributed by atoms with Gasteiger partial charge in [-0.1, -0.05) is 0 Å². The molecule has 0 aromatic rings. The van der Waals surface area contributed by atoms with Gasteiger partial charge in [0.2, 0.25) is 9.84 Å². The number of aliphatic hydroxyl groups excluding tert-OH is 1. The topological polar surface area (TPSA) is 66.7 Å². The van der Waals surface area contributed by atoms with Crippen molar-refractivity contribution in [1.29, 1.82) is 0 Å². The van der Waals surface area contributed by atoms with Crippen molar-refractivity contribution in [3.8, 4) is 0 Å². The normalized spacial score (nSPS) is 22.2. The summed E-state index contributed by atoms with van der Waals surface area (Å²) in [5.41, 5.74) is 0. The fourth-order valence-corrected chi connectivity index (χ4v) is 1.54. The average molecular weight is 161 g/mol. The molecule has 10 heavy (non-hydrogen) atoms. The second-order valence-electron chi connectivity index (χ2n) is 1.92. The highest BCUT2D eigenvalue weighted by Gasteiger charge is 2.24. The number of hydrogen-bond donors (Lipinski definition) is 1. The Balaban J connectivity index is 3.14. The molecule has 0 aromatic carbocycles. The number of aliphatic imine (C=N–C) groups is 1. The maximum absolute atomic E-state index is 11.0. The van der Waals surface area contributed by atoms with Crippen LogP contribution in [0.2, 0.25) is 0 Å². The highest BCUT2D eigenvalue weighted by atomic mass is 32.2. The molecule has 56 valence electrons. The Morgan fingerprint density at radius 2 is 2.30 bits per heavy atom. The molecule has 1 N–H and O–H groups in total. The van der Waals surface area contributed by atoms with Crippen LogP contribution in [-0.2, 0) is 9.84 Å². The van der Waals surface area contributed by atoms with Gasteiger partial charge in [0.1, 0.15) is 0 Å². The molecule has 0 saturated carbocycles. The van der Waals surface area contributed by atoms with E-state index in [0.717, 1.165) is 0 Å². The van der Waals surface area contributed by atoms with Crippen molar-refractivity contribution in [2.45, 2.75) is 6.92 Å². The maximum atomic E-state index is 11.0. The molecule has 0 spiro atoms. The third-order valence-electron chi connectivity index (χ3n) is 1.26. The molecular formula is C5H7NO3S. The van der Waals surface area contributed by atoms with Crippen molar-refractivity contribution >= 4 is 14.9 Å². The summed E-state index contributed by atoms with van der Waals surface area (Å²) < 4.78 is 21.9. The van der Waals surface area contributed by atoms with Crippen LogP contribution in [0.5, 0.6) is 0 Å². The van der Waals surface area contributed by atoms with E-state index in [1.807, 2.05) is 0 Å². The fourth-order valence-electron chi connectivity index (χ4n) is 0.613. The van der Waals surface area contributed by atoms with Crippen molar-refractivity contribution < 1.29 is 13.5 Å². The minimum absolute atomic E-state index is 0.162. The summed E-state index contributed by atoms with van der Waals surface area (Å²) in [6.07, 6.45) is 1.24. The molecule has 5 heteroatoms. The fraction of sp³-hybridized carbons (Fsp3) is 0.400. The molecule has 0 amide bonds. The summed E-state index contributed by atoms with van der Waals surface area (Å²) >= 11 is 0. The molecule has 1 aliphatic heterocycles. The molecule has 4 nitrogen and oxygen atoms in total. The van der Waals surface area contributed by atoms with E-state index in [1.165, 1.54) is 13.1 Å². The molecule has 0 fully saturated rings. The van der Waals surface area contributed by atoms with E-state index in [2.05, 4.69) is 4.99 Å². The van der Waals surface area contributed by atoms with Gasteiger partial charge < -0.3 is 5.11 Å². The third-order valence-corrected chi connectivity index (χ3v) is 3.07. The SMILES string of the molecule is CC1=CN=C(CO)S1(=O)=O. The monoisotopic (exact) mass is 161 g/mol. The summed E-state index contributed by atoms with van der Waals surface area (Å²) in [7, 11) is -3.35. The van der Waals surface area contributed by atoms with E-state index in [1.54, 1.807) is 0 Å². The number of hydrogen-bond acceptors (Lipinski definition) is 4. The number of allylic oxidation sites excluding steroid dienone is 1. The van der Waals surface area contributed by atoms with Crippen LogP contribution in [0.1, 0.15) is 6.92 Å². The zero-order chi connectivity index (χ0) is 7.78. The van der Waals surface area contributed by atoms with Gasteiger partial charge in [0.05, 0.1) is 11.5 Å². The lowest BCUT2D eigenvalue weighted by Crippen LogP contribution is -2.15. The molecule has 0 unspecified atom stereocenters. The van der Waals surface area contributed by atoms with Gasteiger partial charge in [-0.05, 0) is 6.92 Å². The summed E-state index contributed by atoms with van der Waals surface area (Å²) in [5, 5.41) is 8.31. The minimum Gasteiger partial charge on any atom is -0.389 e. The molecule has 1 rings (SSSR count). The van der Waals surface area contributed by atoms with Crippen molar-refractivity contribution in [3.05, 3.63) is 11.1 Å². The molecule has 0 radical (unpaired) electrons. The predicted molar refractivity (Wildman–Crippen MR) is 37.2 cm³/mol. The third kappa shape index (κ3) is 0.871. The summed E-state index contributed by atoms with van der Waals surface area (Å²) in [6.45, 7) is 0.928. The highest BCUT2D eigenvalue weighted by molar-refractivity contribution is 8.10. The Labute approximate surface area is 58.8 Å². The first-order valence-electron chi connectivity index (χ1n) is 2.68. The van der Waals surface area contributed by atoms with Crippen LogP contribution in [0.3, 0.4) is 0 Å². The van der Waals surface area contributed by atoms with Gasteiger partial charge >= 0.3 is 0 Å². The highest BCUT2D eigenvalue weighted by Crippen LogP contribution is 2.15. The molecule has 0 saturated heterocycles. The lowest BCUT2D eigenvalue weighted by Gasteiger charge is -1.95. The maximum Gasteiger partial charge on any atom is 0.219 e. The summed E-state index contributed by atoms with van der Waals surface area (Å²) in [6, 6.07) is 0. The molecule has 0 atom stereocenters. The summed E-state index contributed by atoms with van der Waals surface area (Å²) in [5.74, 6) is 0. The van der Waals surface area contributed by atoms with Gasteiger partial charge in [-0.15, -0.1) is 0 Å². The molecule has 0 aromatic heterocycles. The molecule has 0 aliphatic carbocycles. The van der Waals surface area contributed by atoms with Crippen molar-refractivity contribution in [2.75, 3.05) is 6.61 Å². The number of aliphatic hydroxyl groups is 1.